The number of nitrogens with one attached hydrogen (secondary N) is 1. The molecule has 7 N–H and O–H groups in total. The summed E-state index contributed by atoms with van der Waals surface area (Å²) in [5.41, 5.74) is 11.9. The first kappa shape index (κ1) is 10.1. The third-order valence-corrected chi connectivity index (χ3v) is 1.65. The van der Waals surface area contributed by atoms with Crippen LogP contribution in [0.2, 0.25) is 0 Å². The van der Waals surface area contributed by atoms with Crippen LogP contribution in [0, 0.1) is 0 Å². The lowest BCUT2D eigenvalue weighted by molar-refractivity contribution is 0.175. The molecule has 74 valence electrons. The Labute approximate surface area is 75.6 Å². The van der Waals surface area contributed by atoms with E-state index in [1.54, 1.807) is 6.20 Å². The van der Waals surface area contributed by atoms with E-state index < -0.39 is 12.5 Å². The van der Waals surface area contributed by atoms with Crippen molar-refractivity contribution >= 4 is 0 Å². The molecule has 0 aliphatic heterocycles. The Bertz CT molecular complexity index is 234. The number of aromatic nitrogens is 2. The van der Waals surface area contributed by atoms with Crippen LogP contribution in [0.5, 0.6) is 0 Å². The van der Waals surface area contributed by atoms with Crippen molar-refractivity contribution in [1.29, 1.82) is 0 Å². The van der Waals surface area contributed by atoms with Gasteiger partial charge in [0.1, 0.15) is 12.5 Å². The van der Waals surface area contributed by atoms with Gasteiger partial charge in [0.25, 0.3) is 0 Å². The minimum absolute atomic E-state index is 0.280. The van der Waals surface area contributed by atoms with E-state index in [-0.39, 0.29) is 6.42 Å². The maximum atomic E-state index is 8.93. The molecule has 0 amide bonds. The third kappa shape index (κ3) is 3.11. The highest BCUT2D eigenvalue weighted by Gasteiger charge is 2.09. The Hall–Kier alpha value is -0.950. The van der Waals surface area contributed by atoms with E-state index in [1.165, 1.54) is 0 Å². The summed E-state index contributed by atoms with van der Waals surface area (Å²) in [7, 11) is 0. The molecule has 0 aromatic carbocycles. The number of hydrogen-bond donors (Lipinski definition) is 5. The molecule has 13 heavy (non-hydrogen) atoms. The molecule has 2 atom stereocenters. The van der Waals surface area contributed by atoms with Crippen molar-refractivity contribution in [2.45, 2.75) is 25.3 Å². The van der Waals surface area contributed by atoms with Crippen molar-refractivity contribution in [2.75, 3.05) is 0 Å². The molecule has 1 aromatic heterocycles. The zero-order valence-electron chi connectivity index (χ0n) is 7.14. The summed E-state index contributed by atoms with van der Waals surface area (Å²) in [6.07, 6.45) is 0.314. The molecule has 1 rings (SSSR count). The molecule has 0 radical (unpaired) electrons. The number of aromatic amines is 1. The van der Waals surface area contributed by atoms with Gasteiger partial charge in [-0.25, -0.2) is 0 Å². The molecular formula is C7H14N4O2. The van der Waals surface area contributed by atoms with E-state index in [9.17, 15) is 0 Å². The minimum Gasteiger partial charge on any atom is -0.378 e. The first-order valence-corrected chi connectivity index (χ1v) is 3.98. The lowest BCUT2D eigenvalue weighted by atomic mass is 10.1. The van der Waals surface area contributed by atoms with Gasteiger partial charge in [-0.1, -0.05) is 0 Å². The van der Waals surface area contributed by atoms with Crippen LogP contribution >= 0.6 is 0 Å². The SMILES string of the molecule is NC(O)Cc1cn[nH]c1CC(N)O. The Morgan fingerprint density at radius 1 is 1.31 bits per heavy atom. The monoisotopic (exact) mass is 186 g/mol. The van der Waals surface area contributed by atoms with Gasteiger partial charge >= 0.3 is 0 Å². The van der Waals surface area contributed by atoms with Crippen LogP contribution in [-0.4, -0.2) is 32.9 Å². The Balaban J connectivity index is 2.65. The molecule has 6 heteroatoms. The third-order valence-electron chi connectivity index (χ3n) is 1.65. The van der Waals surface area contributed by atoms with E-state index in [2.05, 4.69) is 10.2 Å². The molecule has 6 nitrogen and oxygen atoms in total. The number of rotatable bonds is 4. The number of aliphatic hydroxyl groups is 2. The van der Waals surface area contributed by atoms with Gasteiger partial charge in [-0.2, -0.15) is 5.10 Å². The average Bonchev–Trinajstić information content (AvgIpc) is 2.34. The normalized spacial score (nSPS) is 15.7. The standard InChI is InChI=1S/C7H14N4O2/c8-6(12)1-4-3-10-11-5(4)2-7(9)13/h3,6-7,12-13H,1-2,8-9H2,(H,10,11). The van der Waals surface area contributed by atoms with Crippen molar-refractivity contribution in [3.8, 4) is 0 Å². The van der Waals surface area contributed by atoms with Gasteiger partial charge in [0.2, 0.25) is 0 Å². The fourth-order valence-electron chi connectivity index (χ4n) is 1.12. The van der Waals surface area contributed by atoms with E-state index in [0.717, 1.165) is 5.56 Å². The zero-order chi connectivity index (χ0) is 9.84. The van der Waals surface area contributed by atoms with E-state index in [4.69, 9.17) is 21.7 Å². The van der Waals surface area contributed by atoms with Crippen LogP contribution in [-0.2, 0) is 12.8 Å². The Morgan fingerprint density at radius 3 is 2.46 bits per heavy atom. The summed E-state index contributed by atoms with van der Waals surface area (Å²) in [6.45, 7) is 0. The van der Waals surface area contributed by atoms with Crippen molar-refractivity contribution < 1.29 is 10.2 Å². The summed E-state index contributed by atoms with van der Waals surface area (Å²) in [4.78, 5) is 0. The van der Waals surface area contributed by atoms with Crippen molar-refractivity contribution in [3.05, 3.63) is 17.5 Å². The van der Waals surface area contributed by atoms with Gasteiger partial charge in [-0.3, -0.25) is 5.10 Å². The zero-order valence-corrected chi connectivity index (χ0v) is 7.14. The molecule has 0 spiro atoms. The van der Waals surface area contributed by atoms with E-state index in [1.807, 2.05) is 0 Å². The van der Waals surface area contributed by atoms with Crippen molar-refractivity contribution in [1.82, 2.24) is 10.2 Å². The van der Waals surface area contributed by atoms with Gasteiger partial charge in [0.05, 0.1) is 6.20 Å². The lowest BCUT2D eigenvalue weighted by Crippen LogP contribution is -2.25. The second kappa shape index (κ2) is 4.33. The van der Waals surface area contributed by atoms with Crippen molar-refractivity contribution in [2.24, 2.45) is 11.5 Å². The second-order valence-corrected chi connectivity index (χ2v) is 2.92. The van der Waals surface area contributed by atoms with Gasteiger partial charge in [-0.15, -0.1) is 0 Å². The number of H-pyrrole nitrogens is 1. The molecule has 0 saturated heterocycles. The molecule has 0 bridgehead atoms. The lowest BCUT2D eigenvalue weighted by Gasteiger charge is -2.06. The fourth-order valence-corrected chi connectivity index (χ4v) is 1.12. The average molecular weight is 186 g/mol. The van der Waals surface area contributed by atoms with Gasteiger partial charge in [0, 0.05) is 18.5 Å². The molecule has 0 fully saturated rings. The second-order valence-electron chi connectivity index (χ2n) is 2.92. The molecule has 1 heterocycles. The Morgan fingerprint density at radius 2 is 1.92 bits per heavy atom. The number of aliphatic hydroxyl groups excluding tert-OH is 2. The summed E-state index contributed by atoms with van der Waals surface area (Å²) in [6, 6.07) is 0. The van der Waals surface area contributed by atoms with Gasteiger partial charge < -0.3 is 21.7 Å². The van der Waals surface area contributed by atoms with Crippen LogP contribution in [0.3, 0.4) is 0 Å². The molecule has 0 aliphatic carbocycles. The molecule has 0 saturated carbocycles. The predicted molar refractivity (Wildman–Crippen MR) is 46.4 cm³/mol. The summed E-state index contributed by atoms with van der Waals surface area (Å²) in [5.74, 6) is 0. The Kier molecular flexibility index (Phi) is 3.38. The van der Waals surface area contributed by atoms with Gasteiger partial charge in [0.15, 0.2) is 0 Å². The number of hydrogen-bond acceptors (Lipinski definition) is 5. The van der Waals surface area contributed by atoms with Crippen molar-refractivity contribution in [3.63, 3.8) is 0 Å². The molecule has 2 unspecified atom stereocenters. The smallest absolute Gasteiger partial charge is 0.108 e. The number of nitrogens with two attached hydrogens (primary N) is 2. The fraction of sp³-hybridized carbons (Fsp3) is 0.571. The summed E-state index contributed by atoms with van der Waals surface area (Å²) < 4.78 is 0. The summed E-state index contributed by atoms with van der Waals surface area (Å²) >= 11 is 0. The van der Waals surface area contributed by atoms with Crippen LogP contribution in [0.25, 0.3) is 0 Å². The summed E-state index contributed by atoms with van der Waals surface area (Å²) in [5, 5.41) is 24.3. The molecule has 1 aromatic rings. The minimum atomic E-state index is -0.922. The molecular weight excluding hydrogens is 172 g/mol. The largest absolute Gasteiger partial charge is 0.378 e. The van der Waals surface area contributed by atoms with E-state index >= 15 is 0 Å². The highest BCUT2D eigenvalue weighted by molar-refractivity contribution is 5.17. The van der Waals surface area contributed by atoms with Crippen LogP contribution in [0.15, 0.2) is 6.20 Å². The highest BCUT2D eigenvalue weighted by Crippen LogP contribution is 2.07. The highest BCUT2D eigenvalue weighted by atomic mass is 16.3. The predicted octanol–water partition coefficient (Wildman–Crippen LogP) is -1.95. The maximum Gasteiger partial charge on any atom is 0.108 e. The van der Waals surface area contributed by atoms with Crippen LogP contribution < -0.4 is 11.5 Å². The van der Waals surface area contributed by atoms with Crippen LogP contribution in [0.4, 0.5) is 0 Å². The van der Waals surface area contributed by atoms with Crippen LogP contribution in [0.1, 0.15) is 11.3 Å². The maximum absolute atomic E-state index is 8.93. The first-order valence-electron chi connectivity index (χ1n) is 3.98. The van der Waals surface area contributed by atoms with E-state index in [0.29, 0.717) is 12.1 Å². The number of nitrogens with zero attached hydrogens (tertiary/aromatic N) is 1. The first-order chi connectivity index (χ1) is 6.09. The van der Waals surface area contributed by atoms with Gasteiger partial charge in [-0.05, 0) is 5.56 Å². The quantitative estimate of drug-likeness (QED) is 0.350. The topological polar surface area (TPSA) is 121 Å². The molecule has 0 aliphatic rings.